The van der Waals surface area contributed by atoms with Gasteiger partial charge < -0.3 is 15.4 Å². The van der Waals surface area contributed by atoms with E-state index in [1.165, 1.54) is 0 Å². The molecule has 4 heteroatoms. The topological polar surface area (TPSA) is 72.3 Å². The maximum absolute atomic E-state index is 9.19. The first-order chi connectivity index (χ1) is 6.25. The van der Waals surface area contributed by atoms with E-state index < -0.39 is 0 Å². The Morgan fingerprint density at radius 2 is 2.15 bits per heavy atom. The van der Waals surface area contributed by atoms with E-state index in [4.69, 9.17) is 10.3 Å². The SMILES string of the molecule is Nc1cc(-c2cccc(O)c2)no1. The lowest BCUT2D eigenvalue weighted by molar-refractivity contribution is 0.439. The third-order valence-corrected chi connectivity index (χ3v) is 1.67. The largest absolute Gasteiger partial charge is 0.508 e. The fourth-order valence-corrected chi connectivity index (χ4v) is 1.09. The van der Waals surface area contributed by atoms with Crippen molar-refractivity contribution in [3.05, 3.63) is 30.3 Å². The van der Waals surface area contributed by atoms with Gasteiger partial charge in [0.1, 0.15) is 11.4 Å². The number of hydrogen-bond donors (Lipinski definition) is 2. The molecule has 1 aromatic heterocycles. The van der Waals surface area contributed by atoms with Gasteiger partial charge in [-0.05, 0) is 12.1 Å². The molecule has 0 fully saturated rings. The summed E-state index contributed by atoms with van der Waals surface area (Å²) in [6, 6.07) is 8.34. The molecule has 0 saturated carbocycles. The van der Waals surface area contributed by atoms with Gasteiger partial charge in [-0.25, -0.2) is 0 Å². The molecule has 0 unspecified atom stereocenters. The van der Waals surface area contributed by atoms with E-state index in [1.807, 2.05) is 6.07 Å². The maximum Gasteiger partial charge on any atom is 0.222 e. The van der Waals surface area contributed by atoms with E-state index >= 15 is 0 Å². The predicted octanol–water partition coefficient (Wildman–Crippen LogP) is 1.63. The highest BCUT2D eigenvalue weighted by Gasteiger charge is 2.03. The standard InChI is InChI=1S/C9H8N2O2/c10-9-5-8(11-13-9)6-2-1-3-7(12)4-6/h1-5,12H,10H2. The Balaban J connectivity index is 2.46. The zero-order valence-corrected chi connectivity index (χ0v) is 6.77. The first-order valence-corrected chi connectivity index (χ1v) is 3.77. The van der Waals surface area contributed by atoms with Crippen LogP contribution in [-0.4, -0.2) is 10.3 Å². The molecule has 0 spiro atoms. The van der Waals surface area contributed by atoms with E-state index in [-0.39, 0.29) is 11.6 Å². The molecule has 3 N–H and O–H groups in total. The Kier molecular flexibility index (Phi) is 1.66. The number of hydrogen-bond acceptors (Lipinski definition) is 4. The van der Waals surface area contributed by atoms with Gasteiger partial charge in [0, 0.05) is 11.6 Å². The third-order valence-electron chi connectivity index (χ3n) is 1.67. The predicted molar refractivity (Wildman–Crippen MR) is 48.0 cm³/mol. The van der Waals surface area contributed by atoms with Crippen LogP contribution < -0.4 is 5.73 Å². The molecule has 13 heavy (non-hydrogen) atoms. The van der Waals surface area contributed by atoms with Crippen molar-refractivity contribution >= 4 is 5.88 Å². The smallest absolute Gasteiger partial charge is 0.222 e. The van der Waals surface area contributed by atoms with Crippen molar-refractivity contribution < 1.29 is 9.63 Å². The number of benzene rings is 1. The van der Waals surface area contributed by atoms with Crippen LogP contribution in [0.2, 0.25) is 0 Å². The van der Waals surface area contributed by atoms with Crippen molar-refractivity contribution in [2.45, 2.75) is 0 Å². The molecule has 0 aliphatic carbocycles. The number of phenolic OH excluding ortho intramolecular Hbond substituents is 1. The average Bonchev–Trinajstić information content (AvgIpc) is 2.52. The Hall–Kier alpha value is -1.97. The minimum atomic E-state index is 0.194. The van der Waals surface area contributed by atoms with E-state index in [0.717, 1.165) is 5.56 Å². The van der Waals surface area contributed by atoms with Gasteiger partial charge in [0.05, 0.1) is 0 Å². The summed E-state index contributed by atoms with van der Waals surface area (Å²) in [5.41, 5.74) is 6.76. The molecule has 0 amide bonds. The first kappa shape index (κ1) is 7.67. The van der Waals surface area contributed by atoms with Crippen LogP contribution in [0.25, 0.3) is 11.3 Å². The van der Waals surface area contributed by atoms with Gasteiger partial charge in [-0.1, -0.05) is 17.3 Å². The minimum absolute atomic E-state index is 0.194. The molecule has 0 atom stereocenters. The van der Waals surface area contributed by atoms with Crippen LogP contribution in [-0.2, 0) is 0 Å². The van der Waals surface area contributed by atoms with Crippen molar-refractivity contribution in [1.29, 1.82) is 0 Å². The van der Waals surface area contributed by atoms with Gasteiger partial charge in [0.15, 0.2) is 0 Å². The summed E-state index contributed by atoms with van der Waals surface area (Å²) in [6.45, 7) is 0. The first-order valence-electron chi connectivity index (χ1n) is 3.77. The quantitative estimate of drug-likeness (QED) is 0.692. The number of nitrogens with zero attached hydrogens (tertiary/aromatic N) is 1. The molecule has 2 rings (SSSR count). The number of aromatic nitrogens is 1. The van der Waals surface area contributed by atoms with E-state index in [0.29, 0.717) is 5.69 Å². The summed E-state index contributed by atoms with van der Waals surface area (Å²) in [7, 11) is 0. The Morgan fingerprint density at radius 1 is 1.31 bits per heavy atom. The van der Waals surface area contributed by atoms with Gasteiger partial charge in [-0.2, -0.15) is 0 Å². The van der Waals surface area contributed by atoms with Crippen molar-refractivity contribution in [3.63, 3.8) is 0 Å². The van der Waals surface area contributed by atoms with E-state index in [2.05, 4.69) is 5.16 Å². The van der Waals surface area contributed by atoms with Crippen LogP contribution in [0.15, 0.2) is 34.9 Å². The number of nitrogen functional groups attached to an aromatic ring is 1. The van der Waals surface area contributed by atoms with Gasteiger partial charge in [0.2, 0.25) is 5.88 Å². The van der Waals surface area contributed by atoms with Crippen LogP contribution >= 0.6 is 0 Å². The summed E-state index contributed by atoms with van der Waals surface area (Å²) in [4.78, 5) is 0. The lowest BCUT2D eigenvalue weighted by Gasteiger charge is -1.94. The molecule has 0 bridgehead atoms. The highest BCUT2D eigenvalue weighted by atomic mass is 16.5. The lowest BCUT2D eigenvalue weighted by Crippen LogP contribution is -1.77. The second-order valence-corrected chi connectivity index (χ2v) is 2.66. The number of rotatable bonds is 1. The zero-order valence-electron chi connectivity index (χ0n) is 6.77. The van der Waals surface area contributed by atoms with Gasteiger partial charge in [0.25, 0.3) is 0 Å². The fraction of sp³-hybridized carbons (Fsp3) is 0. The molecule has 1 heterocycles. The molecular formula is C9H8N2O2. The van der Waals surface area contributed by atoms with Crippen LogP contribution in [0.3, 0.4) is 0 Å². The molecule has 4 nitrogen and oxygen atoms in total. The van der Waals surface area contributed by atoms with Gasteiger partial charge in [-0.3, -0.25) is 0 Å². The Bertz CT molecular complexity index is 423. The third kappa shape index (κ3) is 1.46. The zero-order chi connectivity index (χ0) is 9.26. The molecule has 0 aliphatic heterocycles. The van der Waals surface area contributed by atoms with Crippen LogP contribution in [0.5, 0.6) is 5.75 Å². The molecule has 2 aromatic rings. The number of phenols is 1. The molecule has 0 saturated heterocycles. The molecule has 1 aromatic carbocycles. The molecular weight excluding hydrogens is 168 g/mol. The van der Waals surface area contributed by atoms with Crippen molar-refractivity contribution in [2.24, 2.45) is 0 Å². The minimum Gasteiger partial charge on any atom is -0.508 e. The highest BCUT2D eigenvalue weighted by molar-refractivity contribution is 5.62. The molecule has 0 radical (unpaired) electrons. The monoisotopic (exact) mass is 176 g/mol. The average molecular weight is 176 g/mol. The lowest BCUT2D eigenvalue weighted by atomic mass is 10.1. The maximum atomic E-state index is 9.19. The van der Waals surface area contributed by atoms with Crippen molar-refractivity contribution in [1.82, 2.24) is 5.16 Å². The van der Waals surface area contributed by atoms with Crippen LogP contribution in [0.1, 0.15) is 0 Å². The summed E-state index contributed by atoms with van der Waals surface area (Å²) in [5.74, 6) is 0.456. The summed E-state index contributed by atoms with van der Waals surface area (Å²) in [5, 5.41) is 12.9. The van der Waals surface area contributed by atoms with E-state index in [9.17, 15) is 5.11 Å². The Morgan fingerprint density at radius 3 is 2.77 bits per heavy atom. The van der Waals surface area contributed by atoms with E-state index in [1.54, 1.807) is 24.3 Å². The normalized spacial score (nSPS) is 10.2. The number of aromatic hydroxyl groups is 1. The molecule has 66 valence electrons. The van der Waals surface area contributed by atoms with Crippen molar-refractivity contribution in [3.8, 4) is 17.0 Å². The van der Waals surface area contributed by atoms with Gasteiger partial charge >= 0.3 is 0 Å². The fourth-order valence-electron chi connectivity index (χ4n) is 1.09. The second kappa shape index (κ2) is 2.82. The molecule has 0 aliphatic rings. The van der Waals surface area contributed by atoms with Gasteiger partial charge in [-0.15, -0.1) is 0 Å². The van der Waals surface area contributed by atoms with Crippen LogP contribution in [0, 0.1) is 0 Å². The van der Waals surface area contributed by atoms with Crippen LogP contribution in [0.4, 0.5) is 5.88 Å². The second-order valence-electron chi connectivity index (χ2n) is 2.66. The Labute approximate surface area is 74.6 Å². The summed E-state index contributed by atoms with van der Waals surface area (Å²) < 4.78 is 4.70. The summed E-state index contributed by atoms with van der Waals surface area (Å²) >= 11 is 0. The highest BCUT2D eigenvalue weighted by Crippen LogP contribution is 2.23. The number of anilines is 1. The van der Waals surface area contributed by atoms with Crippen molar-refractivity contribution in [2.75, 3.05) is 5.73 Å². The number of nitrogens with two attached hydrogens (primary N) is 1. The summed E-state index contributed by atoms with van der Waals surface area (Å²) in [6.07, 6.45) is 0.